The van der Waals surface area contributed by atoms with Crippen LogP contribution >= 0.6 is 0 Å². The topological polar surface area (TPSA) is 114 Å². The Hall–Kier alpha value is -2.94. The van der Waals surface area contributed by atoms with Gasteiger partial charge in [0.05, 0.1) is 17.1 Å². The molecule has 0 aliphatic heterocycles. The van der Waals surface area contributed by atoms with Gasteiger partial charge in [-0.2, -0.15) is 0 Å². The van der Waals surface area contributed by atoms with Gasteiger partial charge in [-0.1, -0.05) is 6.07 Å². The molecule has 27 heavy (non-hydrogen) atoms. The van der Waals surface area contributed by atoms with Gasteiger partial charge in [0, 0.05) is 26.0 Å². The van der Waals surface area contributed by atoms with Gasteiger partial charge in [-0.15, -0.1) is 0 Å². The normalized spacial score (nSPS) is 11.0. The van der Waals surface area contributed by atoms with Crippen molar-refractivity contribution in [1.29, 1.82) is 0 Å². The first kappa shape index (κ1) is 20.4. The van der Waals surface area contributed by atoms with Crippen LogP contribution in [0.3, 0.4) is 0 Å². The van der Waals surface area contributed by atoms with Crippen LogP contribution in [-0.2, 0) is 9.84 Å². The Kier molecular flexibility index (Phi) is 6.51. The van der Waals surface area contributed by atoms with Crippen molar-refractivity contribution in [1.82, 2.24) is 9.88 Å². The lowest BCUT2D eigenvalue weighted by molar-refractivity contribution is 0.0688. The van der Waals surface area contributed by atoms with E-state index in [1.165, 1.54) is 35.4 Å². The summed E-state index contributed by atoms with van der Waals surface area (Å²) in [6, 6.07) is 8.93. The van der Waals surface area contributed by atoms with E-state index < -0.39 is 15.8 Å². The summed E-state index contributed by atoms with van der Waals surface area (Å²) >= 11 is 0. The first-order valence-electron chi connectivity index (χ1n) is 8.06. The van der Waals surface area contributed by atoms with Crippen molar-refractivity contribution in [2.45, 2.75) is 11.3 Å². The number of carboxylic acid groups (broad SMARTS) is 1. The monoisotopic (exact) mass is 392 g/mol. The molecule has 0 unspecified atom stereocenters. The highest BCUT2D eigenvalue weighted by Gasteiger charge is 2.13. The third-order valence-electron chi connectivity index (χ3n) is 3.72. The summed E-state index contributed by atoms with van der Waals surface area (Å²) in [5.41, 5.74) is 0.170. The summed E-state index contributed by atoms with van der Waals surface area (Å²) in [6.07, 6.45) is 2.89. The lowest BCUT2D eigenvalue weighted by Gasteiger charge is -2.17. The molecule has 2 rings (SSSR count). The van der Waals surface area contributed by atoms with Gasteiger partial charge in [0.15, 0.2) is 9.84 Å². The summed E-state index contributed by atoms with van der Waals surface area (Å²) in [7, 11) is -1.67. The standard InChI is InChI=1S/C18H20N2O6S/c1-20(17(21)13-7-8-16(18(22)23)19-12-13)9-4-10-26-14-5-3-6-15(11-14)27(2,24)25/h3,5-8,11-12H,4,9-10H2,1-2H3,(H,22,23). The van der Waals surface area contributed by atoms with E-state index in [0.29, 0.717) is 30.9 Å². The highest BCUT2D eigenvalue weighted by atomic mass is 32.2. The van der Waals surface area contributed by atoms with Gasteiger partial charge in [-0.3, -0.25) is 4.79 Å². The van der Waals surface area contributed by atoms with Crippen molar-refractivity contribution in [3.05, 3.63) is 53.9 Å². The maximum absolute atomic E-state index is 12.3. The fourth-order valence-electron chi connectivity index (χ4n) is 2.26. The smallest absolute Gasteiger partial charge is 0.354 e. The second-order valence-electron chi connectivity index (χ2n) is 5.91. The number of hydrogen-bond acceptors (Lipinski definition) is 6. The molecular weight excluding hydrogens is 372 g/mol. The summed E-state index contributed by atoms with van der Waals surface area (Å²) < 4.78 is 28.6. The van der Waals surface area contributed by atoms with Crippen LogP contribution in [-0.4, -0.2) is 61.7 Å². The van der Waals surface area contributed by atoms with Gasteiger partial charge in [-0.25, -0.2) is 18.2 Å². The Bertz CT molecular complexity index is 925. The third kappa shape index (κ3) is 5.78. The van der Waals surface area contributed by atoms with Crippen LogP contribution in [0.4, 0.5) is 0 Å². The van der Waals surface area contributed by atoms with E-state index in [1.54, 1.807) is 19.2 Å². The molecule has 0 fully saturated rings. The van der Waals surface area contributed by atoms with Gasteiger partial charge in [0.25, 0.3) is 5.91 Å². The number of rotatable bonds is 8. The van der Waals surface area contributed by atoms with E-state index in [9.17, 15) is 18.0 Å². The van der Waals surface area contributed by atoms with E-state index in [1.807, 2.05) is 0 Å². The second kappa shape index (κ2) is 8.63. The number of sulfone groups is 1. The molecule has 0 bridgehead atoms. The van der Waals surface area contributed by atoms with Crippen LogP contribution in [0.2, 0.25) is 0 Å². The van der Waals surface area contributed by atoms with Gasteiger partial charge in [0.1, 0.15) is 11.4 Å². The molecule has 1 amide bonds. The Morgan fingerprint density at radius 1 is 1.22 bits per heavy atom. The van der Waals surface area contributed by atoms with Gasteiger partial charge in [0.2, 0.25) is 0 Å². The quantitative estimate of drug-likeness (QED) is 0.680. The Labute approximate surface area is 157 Å². The lowest BCUT2D eigenvalue weighted by atomic mass is 10.2. The molecule has 0 radical (unpaired) electrons. The Balaban J connectivity index is 1.84. The number of ether oxygens (including phenoxy) is 1. The molecule has 1 heterocycles. The average molecular weight is 392 g/mol. The number of carboxylic acids is 1. The average Bonchev–Trinajstić information content (AvgIpc) is 2.64. The molecule has 0 saturated carbocycles. The number of carbonyl (C=O) groups is 2. The number of amides is 1. The van der Waals surface area contributed by atoms with Gasteiger partial charge >= 0.3 is 5.97 Å². The second-order valence-corrected chi connectivity index (χ2v) is 7.93. The number of benzene rings is 1. The molecule has 9 heteroatoms. The first-order valence-corrected chi connectivity index (χ1v) is 9.95. The molecule has 0 spiro atoms. The maximum atomic E-state index is 12.3. The van der Waals surface area contributed by atoms with Crippen LogP contribution < -0.4 is 4.74 Å². The van der Waals surface area contributed by atoms with Gasteiger partial charge in [-0.05, 0) is 36.8 Å². The molecule has 1 N–H and O–H groups in total. The Morgan fingerprint density at radius 2 is 1.96 bits per heavy atom. The van der Waals surface area contributed by atoms with Crippen molar-refractivity contribution in [3.8, 4) is 5.75 Å². The van der Waals surface area contributed by atoms with E-state index in [4.69, 9.17) is 9.84 Å². The number of hydrogen-bond donors (Lipinski definition) is 1. The molecule has 2 aromatic rings. The molecule has 144 valence electrons. The maximum Gasteiger partial charge on any atom is 0.354 e. The van der Waals surface area contributed by atoms with Crippen LogP contribution in [0.5, 0.6) is 5.75 Å². The summed E-state index contributed by atoms with van der Waals surface area (Å²) in [5.74, 6) is -0.988. The van der Waals surface area contributed by atoms with E-state index in [-0.39, 0.29) is 16.5 Å². The third-order valence-corrected chi connectivity index (χ3v) is 4.83. The lowest BCUT2D eigenvalue weighted by Crippen LogP contribution is -2.28. The minimum atomic E-state index is -3.30. The number of aromatic nitrogens is 1. The summed E-state index contributed by atoms with van der Waals surface area (Å²) in [5, 5.41) is 8.82. The molecule has 0 saturated heterocycles. The summed E-state index contributed by atoms with van der Waals surface area (Å²) in [6.45, 7) is 0.715. The molecular formula is C18H20N2O6S. The predicted octanol–water partition coefficient (Wildman–Crippen LogP) is 1.72. The molecule has 8 nitrogen and oxygen atoms in total. The molecule has 1 aromatic heterocycles. The van der Waals surface area contributed by atoms with E-state index >= 15 is 0 Å². The van der Waals surface area contributed by atoms with Crippen molar-refractivity contribution in [2.24, 2.45) is 0 Å². The van der Waals surface area contributed by atoms with E-state index in [0.717, 1.165) is 6.26 Å². The summed E-state index contributed by atoms with van der Waals surface area (Å²) in [4.78, 5) is 28.4. The minimum absolute atomic E-state index is 0.126. The zero-order valence-corrected chi connectivity index (χ0v) is 15.8. The number of pyridine rings is 1. The van der Waals surface area contributed by atoms with Gasteiger partial charge < -0.3 is 14.7 Å². The van der Waals surface area contributed by atoms with Crippen LogP contribution in [0, 0.1) is 0 Å². The largest absolute Gasteiger partial charge is 0.493 e. The first-order chi connectivity index (χ1) is 12.7. The SMILES string of the molecule is CN(CCCOc1cccc(S(C)(=O)=O)c1)C(=O)c1ccc(C(=O)O)nc1. The minimum Gasteiger partial charge on any atom is -0.493 e. The number of carbonyl (C=O) groups excluding carboxylic acids is 1. The zero-order valence-electron chi connectivity index (χ0n) is 15.0. The van der Waals surface area contributed by atoms with Crippen LogP contribution in [0.1, 0.15) is 27.3 Å². The van der Waals surface area contributed by atoms with Crippen LogP contribution in [0.15, 0.2) is 47.5 Å². The Morgan fingerprint density at radius 3 is 2.56 bits per heavy atom. The number of aromatic carboxylic acids is 1. The molecule has 0 atom stereocenters. The molecule has 1 aromatic carbocycles. The fourth-order valence-corrected chi connectivity index (χ4v) is 2.91. The highest BCUT2D eigenvalue weighted by molar-refractivity contribution is 7.90. The molecule has 0 aliphatic carbocycles. The molecule has 0 aliphatic rings. The van der Waals surface area contributed by atoms with E-state index in [2.05, 4.69) is 4.98 Å². The van der Waals surface area contributed by atoms with Crippen LogP contribution in [0.25, 0.3) is 0 Å². The highest BCUT2D eigenvalue weighted by Crippen LogP contribution is 2.17. The predicted molar refractivity (Wildman–Crippen MR) is 97.8 cm³/mol. The van der Waals surface area contributed by atoms with Crippen molar-refractivity contribution in [2.75, 3.05) is 26.5 Å². The van der Waals surface area contributed by atoms with Crippen molar-refractivity contribution in [3.63, 3.8) is 0 Å². The fraction of sp³-hybridized carbons (Fsp3) is 0.278. The zero-order chi connectivity index (χ0) is 20.0. The number of nitrogens with zero attached hydrogens (tertiary/aromatic N) is 2. The van der Waals surface area contributed by atoms with Crippen molar-refractivity contribution >= 4 is 21.7 Å². The van der Waals surface area contributed by atoms with Crippen molar-refractivity contribution < 1.29 is 27.9 Å².